The first-order chi connectivity index (χ1) is 54.5. The van der Waals surface area contributed by atoms with Gasteiger partial charge in [-0.1, -0.05) is 291 Å². The van der Waals surface area contributed by atoms with Gasteiger partial charge in [0.05, 0.1) is 22.1 Å². The maximum absolute atomic E-state index is 4.96. The molecule has 8 nitrogen and oxygen atoms in total. The van der Waals surface area contributed by atoms with Crippen molar-refractivity contribution in [3.63, 3.8) is 0 Å². The molecule has 0 aliphatic carbocycles. The summed E-state index contributed by atoms with van der Waals surface area (Å²) in [6, 6.07) is 138. The Labute approximate surface area is 633 Å². The minimum atomic E-state index is 0.640. The largest absolute Gasteiger partial charge is 0.309 e. The first-order valence-electron chi connectivity index (χ1n) is 37.2. The van der Waals surface area contributed by atoms with Crippen molar-refractivity contribution in [1.29, 1.82) is 0 Å². The Bertz CT molecular complexity index is 7250. The molecule has 512 valence electrons. The highest BCUT2D eigenvalue weighted by Gasteiger charge is 2.21. The van der Waals surface area contributed by atoms with Crippen molar-refractivity contribution in [2.24, 2.45) is 0 Å². The molecule has 4 heterocycles. The summed E-state index contributed by atoms with van der Waals surface area (Å²) < 4.78 is 4.75. The number of benzene rings is 18. The van der Waals surface area contributed by atoms with Gasteiger partial charge in [-0.2, -0.15) is 0 Å². The lowest BCUT2D eigenvalue weighted by molar-refractivity contribution is 1.07. The van der Waals surface area contributed by atoms with Gasteiger partial charge in [-0.15, -0.1) is 0 Å². The summed E-state index contributed by atoms with van der Waals surface area (Å²) in [5.74, 6) is 3.89. The molecule has 0 aliphatic heterocycles. The molecule has 18 aromatic carbocycles. The number of hydrogen-bond acceptors (Lipinski definition) is 6. The zero-order chi connectivity index (χ0) is 72.6. The van der Waals surface area contributed by atoms with Gasteiger partial charge in [-0.05, 0) is 184 Å². The molecule has 0 radical (unpaired) electrons. The van der Waals surface area contributed by atoms with E-state index in [1.165, 1.54) is 131 Å². The Kier molecular flexibility index (Phi) is 15.4. The van der Waals surface area contributed by atoms with E-state index in [1.807, 2.05) is 121 Å². The van der Waals surface area contributed by atoms with Crippen LogP contribution in [0.25, 0.3) is 210 Å². The minimum Gasteiger partial charge on any atom is -0.309 e. The number of aromatic nitrogens is 8. The highest BCUT2D eigenvalue weighted by Crippen LogP contribution is 2.44. The van der Waals surface area contributed by atoms with Crippen LogP contribution >= 0.6 is 0 Å². The molecule has 0 spiro atoms. The average molecular weight is 1400 g/mol. The summed E-state index contributed by atoms with van der Waals surface area (Å²) in [4.78, 5) is 29.6. The molecule has 0 atom stereocenters. The van der Waals surface area contributed by atoms with E-state index in [2.05, 4.69) is 276 Å². The smallest absolute Gasteiger partial charge is 0.164 e. The number of rotatable bonds is 10. The maximum atomic E-state index is 4.96. The Morgan fingerprint density at radius 1 is 0.155 bits per heavy atom. The van der Waals surface area contributed by atoms with E-state index in [0.717, 1.165) is 44.8 Å². The molecule has 22 aromatic rings. The highest BCUT2D eigenvalue weighted by atomic mass is 15.0. The van der Waals surface area contributed by atoms with E-state index in [9.17, 15) is 0 Å². The van der Waals surface area contributed by atoms with Gasteiger partial charge in [0.15, 0.2) is 34.9 Å². The van der Waals surface area contributed by atoms with E-state index in [4.69, 9.17) is 29.9 Å². The molecule has 22 rings (SSSR count). The molecule has 0 saturated heterocycles. The SMILES string of the molecule is c1ccc(-c2nc(-c3ccccc3)nc(-c3ccc(-n4c5ccccc5c5c6cc(-c7ccc8ccc9ccccc9c8c7)ccc6ccc54)cc3)n2)cc1.c1ccc(-c2nc(-c3ccccc3)nc(-c3ccc(-n4c5ccccc5c5c6ccc(-c7cc8ccccc8c8ccccc78)cc6ccc54)cc3)n2)cc1. The summed E-state index contributed by atoms with van der Waals surface area (Å²) in [6.07, 6.45) is 0. The van der Waals surface area contributed by atoms with Crippen LogP contribution in [0.4, 0.5) is 0 Å². The monoisotopic (exact) mass is 1400 g/mol. The lowest BCUT2D eigenvalue weighted by Gasteiger charge is -2.13. The fourth-order valence-electron chi connectivity index (χ4n) is 16.4. The molecule has 0 amide bonds. The van der Waals surface area contributed by atoms with Crippen LogP contribution in [0.2, 0.25) is 0 Å². The molecule has 0 fully saturated rings. The summed E-state index contributed by atoms with van der Waals surface area (Å²) in [5, 5.41) is 20.1. The third-order valence-corrected chi connectivity index (χ3v) is 21.6. The fourth-order valence-corrected chi connectivity index (χ4v) is 16.4. The second-order valence-electron chi connectivity index (χ2n) is 28.1. The van der Waals surface area contributed by atoms with Crippen molar-refractivity contribution in [3.05, 3.63) is 388 Å². The molecule has 0 N–H and O–H groups in total. The summed E-state index contributed by atoms with van der Waals surface area (Å²) in [5.41, 5.74) is 17.4. The Morgan fingerprint density at radius 2 is 0.464 bits per heavy atom. The molecule has 0 unspecified atom stereocenters. The third-order valence-electron chi connectivity index (χ3n) is 21.6. The quantitative estimate of drug-likeness (QED) is 0.127. The molecule has 110 heavy (non-hydrogen) atoms. The van der Waals surface area contributed by atoms with Crippen molar-refractivity contribution >= 4 is 108 Å². The Hall–Kier alpha value is -14.9. The van der Waals surface area contributed by atoms with Crippen LogP contribution in [0.3, 0.4) is 0 Å². The van der Waals surface area contributed by atoms with Crippen LogP contribution in [-0.4, -0.2) is 39.0 Å². The van der Waals surface area contributed by atoms with Gasteiger partial charge in [0.2, 0.25) is 0 Å². The van der Waals surface area contributed by atoms with Gasteiger partial charge < -0.3 is 9.13 Å². The molecule has 4 aromatic heterocycles. The minimum absolute atomic E-state index is 0.640. The number of hydrogen-bond donors (Lipinski definition) is 0. The van der Waals surface area contributed by atoms with E-state index in [0.29, 0.717) is 34.9 Å². The summed E-state index contributed by atoms with van der Waals surface area (Å²) in [6.45, 7) is 0. The highest BCUT2D eigenvalue weighted by molar-refractivity contribution is 6.24. The first kappa shape index (κ1) is 63.6. The maximum Gasteiger partial charge on any atom is 0.164 e. The van der Waals surface area contributed by atoms with Gasteiger partial charge in [0.25, 0.3) is 0 Å². The van der Waals surface area contributed by atoms with Gasteiger partial charge >= 0.3 is 0 Å². The van der Waals surface area contributed by atoms with Crippen LogP contribution in [0.15, 0.2) is 388 Å². The topological polar surface area (TPSA) is 87.2 Å². The molecular weight excluding hydrogens is 1340 g/mol. The van der Waals surface area contributed by atoms with Crippen molar-refractivity contribution < 1.29 is 0 Å². The van der Waals surface area contributed by atoms with Gasteiger partial charge in [-0.3, -0.25) is 0 Å². The summed E-state index contributed by atoms with van der Waals surface area (Å²) >= 11 is 0. The molecular formula is C102H64N8. The van der Waals surface area contributed by atoms with Crippen molar-refractivity contribution in [1.82, 2.24) is 39.0 Å². The van der Waals surface area contributed by atoms with E-state index >= 15 is 0 Å². The molecule has 0 saturated carbocycles. The Balaban J connectivity index is 0.000000140. The number of nitrogens with zero attached hydrogens (tertiary/aromatic N) is 8. The van der Waals surface area contributed by atoms with E-state index in [-0.39, 0.29) is 0 Å². The summed E-state index contributed by atoms with van der Waals surface area (Å²) in [7, 11) is 0. The van der Waals surface area contributed by atoms with Gasteiger partial charge in [-0.25, -0.2) is 29.9 Å². The molecule has 0 bridgehead atoms. The predicted molar refractivity (Wildman–Crippen MR) is 457 cm³/mol. The lowest BCUT2D eigenvalue weighted by Crippen LogP contribution is -2.00. The standard InChI is InChI=1S/2C51H32N4/c1-3-13-33(14-4-1)49-52-50(34-15-5-2-6-16-34)54-51(53-49)35-23-27-39(28-24-35)55-46-22-12-11-21-44(46)48-41-29-25-38(31-37(41)26-30-47(48)55)45-32-36-17-7-8-18-40(36)42-19-9-10-20-43(42)45;1-3-12-36(13-4-1)49-52-50(37-14-5-2-6-15-37)54-51(53-49)38-25-28-41(29-26-38)55-46-18-10-9-17-43(46)48-45-32-40(24-22-35(45)27-30-47(48)55)39-23-21-34-20-19-33-11-7-8-16-42(33)44(34)31-39/h2*1-32H. The van der Waals surface area contributed by atoms with Crippen molar-refractivity contribution in [3.8, 4) is 102 Å². The second-order valence-corrected chi connectivity index (χ2v) is 28.1. The zero-order valence-electron chi connectivity index (χ0n) is 59.5. The average Bonchev–Trinajstić information content (AvgIpc) is 1.55. The van der Waals surface area contributed by atoms with Gasteiger partial charge in [0.1, 0.15) is 0 Å². The van der Waals surface area contributed by atoms with E-state index in [1.54, 1.807) is 0 Å². The Morgan fingerprint density at radius 3 is 0.945 bits per heavy atom. The van der Waals surface area contributed by atoms with Crippen LogP contribution < -0.4 is 0 Å². The van der Waals surface area contributed by atoms with Crippen LogP contribution in [0, 0.1) is 0 Å². The van der Waals surface area contributed by atoms with Crippen LogP contribution in [0.5, 0.6) is 0 Å². The second kappa shape index (κ2) is 26.6. The fraction of sp³-hybridized carbons (Fsp3) is 0. The predicted octanol–water partition coefficient (Wildman–Crippen LogP) is 26.2. The molecule has 8 heteroatoms. The van der Waals surface area contributed by atoms with Crippen molar-refractivity contribution in [2.45, 2.75) is 0 Å². The van der Waals surface area contributed by atoms with Crippen LogP contribution in [-0.2, 0) is 0 Å². The van der Waals surface area contributed by atoms with Gasteiger partial charge in [0, 0.05) is 66.3 Å². The van der Waals surface area contributed by atoms with Crippen molar-refractivity contribution in [2.75, 3.05) is 0 Å². The third kappa shape index (κ3) is 11.2. The zero-order valence-corrected chi connectivity index (χ0v) is 59.5. The lowest BCUT2D eigenvalue weighted by atomic mass is 9.92. The normalized spacial score (nSPS) is 11.6. The van der Waals surface area contributed by atoms with Crippen LogP contribution in [0.1, 0.15) is 0 Å². The number of fused-ring (bicyclic) bond motifs is 16. The number of para-hydroxylation sites is 2. The first-order valence-corrected chi connectivity index (χ1v) is 37.2. The van der Waals surface area contributed by atoms with E-state index < -0.39 is 0 Å². The molecule has 0 aliphatic rings.